The number of fused-ring (bicyclic) bond motifs is 1. The SMILES string of the molecule is CCC(N)CSC1=Nc2ccccc2SC1. The average molecular weight is 252 g/mol. The Morgan fingerprint density at radius 3 is 3.12 bits per heavy atom. The molecule has 0 bridgehead atoms. The van der Waals surface area contributed by atoms with Gasteiger partial charge in [-0.25, -0.2) is 4.99 Å². The van der Waals surface area contributed by atoms with Gasteiger partial charge in [0.05, 0.1) is 10.7 Å². The van der Waals surface area contributed by atoms with Gasteiger partial charge in [-0.2, -0.15) is 0 Å². The third kappa shape index (κ3) is 3.03. The number of nitrogens with two attached hydrogens (primary N) is 1. The Labute approximate surface area is 105 Å². The number of para-hydroxylation sites is 1. The van der Waals surface area contributed by atoms with E-state index in [1.165, 1.54) is 9.94 Å². The Balaban J connectivity index is 2.01. The van der Waals surface area contributed by atoms with Gasteiger partial charge in [-0.1, -0.05) is 19.1 Å². The van der Waals surface area contributed by atoms with Gasteiger partial charge in [0.15, 0.2) is 0 Å². The third-order valence-corrected chi connectivity index (χ3v) is 4.87. The molecular formula is C12H16N2S2. The number of benzene rings is 1. The van der Waals surface area contributed by atoms with E-state index in [0.717, 1.165) is 23.6 Å². The molecule has 1 atom stereocenters. The van der Waals surface area contributed by atoms with Crippen LogP contribution >= 0.6 is 23.5 Å². The second kappa shape index (κ2) is 5.75. The van der Waals surface area contributed by atoms with Gasteiger partial charge in [0.1, 0.15) is 0 Å². The number of thioether (sulfide) groups is 2. The molecule has 1 unspecified atom stereocenters. The van der Waals surface area contributed by atoms with Crippen molar-refractivity contribution < 1.29 is 0 Å². The molecule has 0 amide bonds. The van der Waals surface area contributed by atoms with Gasteiger partial charge in [-0.3, -0.25) is 0 Å². The molecular weight excluding hydrogens is 236 g/mol. The first-order chi connectivity index (χ1) is 7.79. The van der Waals surface area contributed by atoms with Crippen LogP contribution in [0.3, 0.4) is 0 Å². The topological polar surface area (TPSA) is 38.4 Å². The number of aliphatic imine (C=N–C) groups is 1. The van der Waals surface area contributed by atoms with Crippen LogP contribution in [-0.4, -0.2) is 22.6 Å². The maximum atomic E-state index is 5.90. The number of hydrogen-bond acceptors (Lipinski definition) is 4. The molecule has 1 aromatic rings. The Morgan fingerprint density at radius 1 is 1.50 bits per heavy atom. The normalized spacial score (nSPS) is 16.5. The minimum atomic E-state index is 0.287. The molecule has 0 saturated carbocycles. The molecule has 1 aliphatic rings. The monoisotopic (exact) mass is 252 g/mol. The summed E-state index contributed by atoms with van der Waals surface area (Å²) in [7, 11) is 0. The van der Waals surface area contributed by atoms with E-state index in [-0.39, 0.29) is 6.04 Å². The molecule has 2 nitrogen and oxygen atoms in total. The van der Waals surface area contributed by atoms with Crippen molar-refractivity contribution in [2.75, 3.05) is 11.5 Å². The molecule has 1 aromatic carbocycles. The molecule has 0 radical (unpaired) electrons. The Morgan fingerprint density at radius 2 is 2.31 bits per heavy atom. The summed E-state index contributed by atoms with van der Waals surface area (Å²) in [5.41, 5.74) is 7.01. The standard InChI is InChI=1S/C12H16N2S2/c1-2-9(13)7-16-12-8-15-11-6-4-3-5-10(11)14-12/h3-6,9H,2,7-8,13H2,1H3. The molecule has 1 aliphatic heterocycles. The zero-order valence-electron chi connectivity index (χ0n) is 9.35. The van der Waals surface area contributed by atoms with Gasteiger partial charge in [0, 0.05) is 22.4 Å². The van der Waals surface area contributed by atoms with Gasteiger partial charge in [-0.15, -0.1) is 23.5 Å². The molecule has 0 aliphatic carbocycles. The van der Waals surface area contributed by atoms with Crippen LogP contribution in [0.1, 0.15) is 13.3 Å². The first-order valence-electron chi connectivity index (χ1n) is 5.47. The van der Waals surface area contributed by atoms with Crippen LogP contribution in [0.2, 0.25) is 0 Å². The lowest BCUT2D eigenvalue weighted by molar-refractivity contribution is 0.726. The molecule has 2 N–H and O–H groups in total. The maximum Gasteiger partial charge on any atom is 0.0842 e. The predicted molar refractivity (Wildman–Crippen MR) is 75.0 cm³/mol. The number of rotatable bonds is 3. The highest BCUT2D eigenvalue weighted by molar-refractivity contribution is 8.16. The summed E-state index contributed by atoms with van der Waals surface area (Å²) in [6.45, 7) is 2.12. The van der Waals surface area contributed by atoms with Crippen LogP contribution in [0.25, 0.3) is 0 Å². The number of hydrogen-bond donors (Lipinski definition) is 1. The van der Waals surface area contributed by atoms with Crippen LogP contribution in [0.15, 0.2) is 34.2 Å². The van der Waals surface area contributed by atoms with Crippen molar-refractivity contribution in [1.29, 1.82) is 0 Å². The summed E-state index contributed by atoms with van der Waals surface area (Å²) >= 11 is 3.66. The first-order valence-corrected chi connectivity index (χ1v) is 7.44. The zero-order valence-corrected chi connectivity index (χ0v) is 11.0. The second-order valence-corrected chi connectivity index (χ2v) is 5.85. The predicted octanol–water partition coefficient (Wildman–Crippen LogP) is 3.29. The van der Waals surface area contributed by atoms with Crippen molar-refractivity contribution in [1.82, 2.24) is 0 Å². The third-order valence-electron chi connectivity index (χ3n) is 2.45. The molecule has 86 valence electrons. The van der Waals surface area contributed by atoms with Gasteiger partial charge >= 0.3 is 0 Å². The van der Waals surface area contributed by atoms with Crippen LogP contribution in [0.4, 0.5) is 5.69 Å². The van der Waals surface area contributed by atoms with Crippen LogP contribution < -0.4 is 5.73 Å². The van der Waals surface area contributed by atoms with Crippen LogP contribution in [-0.2, 0) is 0 Å². The van der Waals surface area contributed by atoms with E-state index in [9.17, 15) is 0 Å². The van der Waals surface area contributed by atoms with E-state index in [1.807, 2.05) is 17.8 Å². The Bertz CT molecular complexity index is 390. The first kappa shape index (κ1) is 12.0. The summed E-state index contributed by atoms with van der Waals surface area (Å²) in [6.07, 6.45) is 1.03. The maximum absolute atomic E-state index is 5.90. The van der Waals surface area contributed by atoms with Crippen LogP contribution in [0.5, 0.6) is 0 Å². The summed E-state index contributed by atoms with van der Waals surface area (Å²) in [4.78, 5) is 5.94. The van der Waals surface area contributed by atoms with Crippen LogP contribution in [0, 0.1) is 0 Å². The smallest absolute Gasteiger partial charge is 0.0842 e. The summed E-state index contributed by atoms with van der Waals surface area (Å²) in [5.74, 6) is 1.95. The van der Waals surface area contributed by atoms with Crippen molar-refractivity contribution in [3.63, 3.8) is 0 Å². The van der Waals surface area contributed by atoms with Crippen molar-refractivity contribution in [2.45, 2.75) is 24.3 Å². The highest BCUT2D eigenvalue weighted by atomic mass is 32.2. The lowest BCUT2D eigenvalue weighted by Gasteiger charge is -2.15. The lowest BCUT2D eigenvalue weighted by atomic mass is 10.3. The summed E-state index contributed by atoms with van der Waals surface area (Å²) in [5, 5.41) is 1.20. The average Bonchev–Trinajstić information content (AvgIpc) is 2.35. The van der Waals surface area contributed by atoms with Crippen molar-refractivity contribution in [2.24, 2.45) is 10.7 Å². The quantitative estimate of drug-likeness (QED) is 0.897. The fourth-order valence-electron chi connectivity index (χ4n) is 1.37. The molecule has 4 heteroatoms. The fraction of sp³-hybridized carbons (Fsp3) is 0.417. The molecule has 0 saturated heterocycles. The molecule has 0 aromatic heterocycles. The minimum Gasteiger partial charge on any atom is -0.327 e. The van der Waals surface area contributed by atoms with E-state index in [0.29, 0.717) is 0 Å². The Hall–Kier alpha value is -0.450. The van der Waals surface area contributed by atoms with E-state index in [1.54, 1.807) is 11.8 Å². The molecule has 0 fully saturated rings. The van der Waals surface area contributed by atoms with E-state index >= 15 is 0 Å². The molecule has 2 rings (SSSR count). The largest absolute Gasteiger partial charge is 0.327 e. The Kier molecular flexibility index (Phi) is 4.32. The zero-order chi connectivity index (χ0) is 11.4. The fourth-order valence-corrected chi connectivity index (χ4v) is 3.47. The molecule has 16 heavy (non-hydrogen) atoms. The van der Waals surface area contributed by atoms with E-state index < -0.39 is 0 Å². The molecule has 0 spiro atoms. The number of nitrogens with zero attached hydrogens (tertiary/aromatic N) is 1. The van der Waals surface area contributed by atoms with Gasteiger partial charge in [-0.05, 0) is 18.6 Å². The highest BCUT2D eigenvalue weighted by Gasteiger charge is 2.13. The highest BCUT2D eigenvalue weighted by Crippen LogP contribution is 2.35. The van der Waals surface area contributed by atoms with Crippen molar-refractivity contribution in [3.05, 3.63) is 24.3 Å². The van der Waals surface area contributed by atoms with E-state index in [4.69, 9.17) is 5.73 Å². The van der Waals surface area contributed by atoms with Crippen molar-refractivity contribution >= 4 is 34.3 Å². The van der Waals surface area contributed by atoms with Gasteiger partial charge < -0.3 is 5.73 Å². The molecule has 1 heterocycles. The minimum absolute atomic E-state index is 0.287. The van der Waals surface area contributed by atoms with Crippen molar-refractivity contribution in [3.8, 4) is 0 Å². The van der Waals surface area contributed by atoms with Gasteiger partial charge in [0.2, 0.25) is 0 Å². The summed E-state index contributed by atoms with van der Waals surface area (Å²) < 4.78 is 0. The van der Waals surface area contributed by atoms with Gasteiger partial charge in [0.25, 0.3) is 0 Å². The lowest BCUT2D eigenvalue weighted by Crippen LogP contribution is -2.22. The van der Waals surface area contributed by atoms with E-state index in [2.05, 4.69) is 30.1 Å². The summed E-state index contributed by atoms with van der Waals surface area (Å²) in [6, 6.07) is 8.58. The second-order valence-electron chi connectivity index (χ2n) is 3.74.